The number of anilines is 3. The van der Waals surface area contributed by atoms with Crippen LogP contribution in [0.3, 0.4) is 0 Å². The molecule has 2 atom stereocenters. The monoisotopic (exact) mass is 678 g/mol. The number of carbonyl (C=O) groups excluding carboxylic acids is 3. The van der Waals surface area contributed by atoms with Gasteiger partial charge in [0.1, 0.15) is 11.6 Å². The van der Waals surface area contributed by atoms with Gasteiger partial charge >= 0.3 is 12.1 Å². The van der Waals surface area contributed by atoms with Gasteiger partial charge in [-0.1, -0.05) is 24.3 Å². The summed E-state index contributed by atoms with van der Waals surface area (Å²) in [5, 5.41) is 26.9. The summed E-state index contributed by atoms with van der Waals surface area (Å²) in [5.41, 5.74) is 8.26. The molecule has 4 rings (SSSR count). The van der Waals surface area contributed by atoms with Gasteiger partial charge in [0.05, 0.1) is 55.3 Å². The minimum atomic E-state index is -1.09. The number of ether oxygens (including phenoxy) is 2. The van der Waals surface area contributed by atoms with E-state index in [2.05, 4.69) is 30.9 Å². The van der Waals surface area contributed by atoms with Crippen LogP contribution < -0.4 is 26.6 Å². The van der Waals surface area contributed by atoms with Gasteiger partial charge in [-0.2, -0.15) is 0 Å². The molecule has 2 aromatic heterocycles. The van der Waals surface area contributed by atoms with Crippen molar-refractivity contribution >= 4 is 41.1 Å². The normalized spacial score (nSPS) is 15.2. The van der Waals surface area contributed by atoms with Crippen LogP contribution >= 0.6 is 0 Å². The van der Waals surface area contributed by atoms with E-state index in [1.807, 2.05) is 17.0 Å². The maximum Gasteiger partial charge on any atom is 0.408 e. The zero-order valence-corrected chi connectivity index (χ0v) is 27.6. The van der Waals surface area contributed by atoms with Crippen LogP contribution in [0.2, 0.25) is 0 Å². The molecule has 0 saturated carbocycles. The fourth-order valence-corrected chi connectivity index (χ4v) is 5.03. The van der Waals surface area contributed by atoms with Gasteiger partial charge in [0.15, 0.2) is 11.5 Å². The molecule has 262 valence electrons. The molecular weight excluding hydrogens is 636 g/mol. The molecule has 16 heteroatoms. The van der Waals surface area contributed by atoms with Crippen molar-refractivity contribution < 1.29 is 38.9 Å². The van der Waals surface area contributed by atoms with Gasteiger partial charge in [0, 0.05) is 31.3 Å². The van der Waals surface area contributed by atoms with Crippen molar-refractivity contribution in [2.45, 2.75) is 57.7 Å². The van der Waals surface area contributed by atoms with Crippen molar-refractivity contribution in [2.24, 2.45) is 0 Å². The number of carboxylic acids is 1. The molecule has 0 radical (unpaired) electrons. The first-order valence-electron chi connectivity index (χ1n) is 15.8. The molecule has 7 N–H and O–H groups in total. The summed E-state index contributed by atoms with van der Waals surface area (Å²) in [5.74, 6) is -2.25. The highest BCUT2D eigenvalue weighted by Gasteiger charge is 2.27. The van der Waals surface area contributed by atoms with Crippen molar-refractivity contribution in [1.82, 2.24) is 25.6 Å². The molecule has 1 aliphatic heterocycles. The highest BCUT2D eigenvalue weighted by atomic mass is 16.6. The lowest BCUT2D eigenvalue weighted by Crippen LogP contribution is -2.48. The third-order valence-electron chi connectivity index (χ3n) is 7.43. The smallest absolute Gasteiger partial charge is 0.408 e. The zero-order valence-electron chi connectivity index (χ0n) is 27.6. The van der Waals surface area contributed by atoms with Gasteiger partial charge in [-0.15, -0.1) is 0 Å². The number of aliphatic carboxylic acids is 1. The zero-order chi connectivity index (χ0) is 35.6. The maximum absolute atomic E-state index is 13.4. The number of nitrogens with zero attached hydrogens (tertiary/aromatic N) is 4. The second kappa shape index (κ2) is 16.7. The largest absolute Gasteiger partial charge is 0.481 e. The molecule has 1 fully saturated rings. The molecule has 2 unspecified atom stereocenters. The first kappa shape index (κ1) is 36.5. The van der Waals surface area contributed by atoms with Crippen LogP contribution in [-0.2, 0) is 25.5 Å². The maximum atomic E-state index is 13.4. The molecule has 1 aromatic carbocycles. The molecule has 16 nitrogen and oxygen atoms in total. The number of pyridine rings is 1. The number of morpholine rings is 1. The quantitative estimate of drug-likeness (QED) is 0.152. The summed E-state index contributed by atoms with van der Waals surface area (Å²) in [6.07, 6.45) is 3.80. The summed E-state index contributed by atoms with van der Waals surface area (Å²) in [6.45, 7) is 6.50. The van der Waals surface area contributed by atoms with Crippen LogP contribution in [-0.4, -0.2) is 99.6 Å². The van der Waals surface area contributed by atoms with E-state index in [1.54, 1.807) is 45.2 Å². The van der Waals surface area contributed by atoms with Crippen LogP contribution in [0.5, 0.6) is 0 Å². The Hall–Kier alpha value is -5.35. The van der Waals surface area contributed by atoms with E-state index in [9.17, 15) is 24.3 Å². The molecule has 49 heavy (non-hydrogen) atoms. The van der Waals surface area contributed by atoms with Crippen LogP contribution in [0.25, 0.3) is 11.3 Å². The van der Waals surface area contributed by atoms with Gasteiger partial charge in [-0.25, -0.2) is 14.8 Å². The lowest BCUT2D eigenvalue weighted by molar-refractivity contribution is -0.137. The molecular formula is C33H42N8O8. The number of aliphatic hydroxyl groups is 1. The molecule has 1 aliphatic rings. The van der Waals surface area contributed by atoms with E-state index in [4.69, 9.17) is 20.3 Å². The highest BCUT2D eigenvalue weighted by Crippen LogP contribution is 2.29. The number of aromatic nitrogens is 3. The highest BCUT2D eigenvalue weighted by molar-refractivity contribution is 6.07. The number of benzene rings is 1. The topological polar surface area (TPSA) is 231 Å². The molecule has 0 bridgehead atoms. The van der Waals surface area contributed by atoms with Gasteiger partial charge in [-0.3, -0.25) is 19.4 Å². The fourth-order valence-electron chi connectivity index (χ4n) is 5.03. The Morgan fingerprint density at radius 1 is 1.14 bits per heavy atom. The number of carbonyl (C=O) groups is 4. The predicted octanol–water partition coefficient (Wildman–Crippen LogP) is 1.99. The van der Waals surface area contributed by atoms with Crippen molar-refractivity contribution in [2.75, 3.05) is 48.9 Å². The Morgan fingerprint density at radius 3 is 2.59 bits per heavy atom. The number of amides is 3. The number of hydrogen-bond donors (Lipinski definition) is 6. The number of alkyl carbamates (subject to hydrolysis) is 1. The third-order valence-corrected chi connectivity index (χ3v) is 7.43. The molecule has 3 aromatic rings. The minimum Gasteiger partial charge on any atom is -0.481 e. The summed E-state index contributed by atoms with van der Waals surface area (Å²) >= 11 is 0. The summed E-state index contributed by atoms with van der Waals surface area (Å²) in [7, 11) is 0. The van der Waals surface area contributed by atoms with E-state index in [1.165, 1.54) is 12.4 Å². The van der Waals surface area contributed by atoms with Gasteiger partial charge < -0.3 is 46.3 Å². The van der Waals surface area contributed by atoms with Gasteiger partial charge in [-0.05, 0) is 45.2 Å². The van der Waals surface area contributed by atoms with Crippen molar-refractivity contribution in [1.29, 1.82) is 0 Å². The number of nitrogen functional groups attached to an aromatic ring is 1. The molecule has 1 saturated heterocycles. The number of aliphatic hydroxyl groups excluding tert-OH is 1. The molecule has 0 spiro atoms. The Bertz CT molecular complexity index is 1630. The first-order chi connectivity index (χ1) is 23.3. The lowest BCUT2D eigenvalue weighted by atomic mass is 10.1. The minimum absolute atomic E-state index is 0.0542. The molecule has 3 heterocycles. The summed E-state index contributed by atoms with van der Waals surface area (Å²) in [6, 6.07) is 7.66. The second-order valence-corrected chi connectivity index (χ2v) is 12.3. The fraction of sp³-hybridized carbons (Fsp3) is 0.424. The standard InChI is InChI=1S/C33H42N8O8/c1-33(2,3)49-32(47)40-23(8-9-27(43)44)30(45)36-13-10-20-4-6-21(7-5-20)24-17-37-29(34)28(38-24)31(46)39-25-16-35-12-11-26(25)41-14-15-48-19-22(41)18-42/h4-7,11-12,16-17,22-23,42H,8-10,13-15,18-19H2,1-3H3,(H2,34,37)(H,36,45)(H,39,46)(H,40,47)(H,43,44). The van der Waals surface area contributed by atoms with Crippen LogP contribution in [0.4, 0.5) is 22.0 Å². The van der Waals surface area contributed by atoms with Crippen molar-refractivity contribution in [3.05, 3.63) is 60.2 Å². The number of rotatable bonds is 13. The Labute approximate surface area is 283 Å². The Balaban J connectivity index is 1.38. The van der Waals surface area contributed by atoms with Crippen LogP contribution in [0, 0.1) is 0 Å². The van der Waals surface area contributed by atoms with Gasteiger partial charge in [0.2, 0.25) is 5.91 Å². The van der Waals surface area contributed by atoms with Crippen molar-refractivity contribution in [3.8, 4) is 11.3 Å². The SMILES string of the molecule is CC(C)(C)OC(=O)NC(CCC(=O)O)C(=O)NCCc1ccc(-c2cnc(N)c(C(=O)Nc3cnccc3N3CCOCC3CO)n2)cc1. The number of hydrogen-bond acceptors (Lipinski definition) is 12. The number of carboxylic acid groups (broad SMARTS) is 1. The molecule has 0 aliphatic carbocycles. The Kier molecular flexibility index (Phi) is 12.4. The van der Waals surface area contributed by atoms with Crippen molar-refractivity contribution in [3.63, 3.8) is 0 Å². The van der Waals surface area contributed by atoms with E-state index < -0.39 is 35.5 Å². The first-order valence-corrected chi connectivity index (χ1v) is 15.8. The van der Waals surface area contributed by atoms with Crippen LogP contribution in [0.15, 0.2) is 48.9 Å². The van der Waals surface area contributed by atoms with E-state index in [0.29, 0.717) is 48.8 Å². The average molecular weight is 679 g/mol. The van der Waals surface area contributed by atoms with E-state index in [0.717, 1.165) is 5.56 Å². The predicted molar refractivity (Wildman–Crippen MR) is 180 cm³/mol. The third kappa shape index (κ3) is 10.6. The number of nitrogens with two attached hydrogens (primary N) is 1. The second-order valence-electron chi connectivity index (χ2n) is 12.3. The average Bonchev–Trinajstić information content (AvgIpc) is 3.06. The van der Waals surface area contributed by atoms with Crippen LogP contribution in [0.1, 0.15) is 49.7 Å². The van der Waals surface area contributed by atoms with Gasteiger partial charge in [0.25, 0.3) is 5.91 Å². The summed E-state index contributed by atoms with van der Waals surface area (Å²) < 4.78 is 10.7. The van der Waals surface area contributed by atoms with E-state index >= 15 is 0 Å². The Morgan fingerprint density at radius 2 is 1.90 bits per heavy atom. The lowest BCUT2D eigenvalue weighted by Gasteiger charge is -2.37. The molecule has 3 amide bonds. The summed E-state index contributed by atoms with van der Waals surface area (Å²) in [4.78, 5) is 64.2. The van der Waals surface area contributed by atoms with E-state index in [-0.39, 0.29) is 43.5 Å². The number of nitrogens with one attached hydrogen (secondary N) is 3.